The minimum atomic E-state index is -0.913. The van der Waals surface area contributed by atoms with Gasteiger partial charge in [-0.1, -0.05) is 27.7 Å². The lowest BCUT2D eigenvalue weighted by Crippen LogP contribution is -2.31. The molecule has 0 rings (SSSR count). The van der Waals surface area contributed by atoms with Crippen molar-refractivity contribution in [2.75, 3.05) is 0 Å². The Kier molecular flexibility index (Phi) is 14.9. The van der Waals surface area contributed by atoms with Gasteiger partial charge in [0.05, 0.1) is 0 Å². The normalized spacial score (nSPS) is 13.1. The predicted octanol–water partition coefficient (Wildman–Crippen LogP) is 1.31. The van der Waals surface area contributed by atoms with Crippen molar-refractivity contribution in [1.82, 2.24) is 0 Å². The molecule has 2 unspecified atom stereocenters. The number of halogens is 1. The zero-order chi connectivity index (χ0) is 14.9. The van der Waals surface area contributed by atoms with Crippen LogP contribution in [0.25, 0.3) is 0 Å². The van der Waals surface area contributed by atoms with Gasteiger partial charge in [0.2, 0.25) is 0 Å². The molecule has 7 heteroatoms. The monoisotopic (exact) mass is 298 g/mol. The fourth-order valence-corrected chi connectivity index (χ4v) is 1.22. The highest BCUT2D eigenvalue weighted by Crippen LogP contribution is 2.02. The summed E-state index contributed by atoms with van der Waals surface area (Å²) in [5.74, 6) is -1.11. The van der Waals surface area contributed by atoms with Gasteiger partial charge in [-0.3, -0.25) is 9.59 Å². The molecule has 6 N–H and O–H groups in total. The maximum Gasteiger partial charge on any atom is 0.320 e. The molecule has 0 fully saturated rings. The SMILES string of the molecule is CC(C)CC(N)C(=O)O.CC(C)CC(N)C(=O)O.Cl. The lowest BCUT2D eigenvalue weighted by Gasteiger charge is -2.07. The summed E-state index contributed by atoms with van der Waals surface area (Å²) in [6, 6.07) is -1.38. The molecule has 0 aliphatic rings. The minimum Gasteiger partial charge on any atom is -0.480 e. The molecule has 116 valence electrons. The number of hydrogen-bond acceptors (Lipinski definition) is 4. The minimum absolute atomic E-state index is 0. The molecule has 0 aliphatic carbocycles. The van der Waals surface area contributed by atoms with E-state index in [2.05, 4.69) is 0 Å². The van der Waals surface area contributed by atoms with E-state index in [1.54, 1.807) is 0 Å². The van der Waals surface area contributed by atoms with Gasteiger partial charge in [0, 0.05) is 0 Å². The molecule has 0 heterocycles. The second-order valence-electron chi connectivity index (χ2n) is 5.15. The summed E-state index contributed by atoms with van der Waals surface area (Å²) in [5.41, 5.74) is 10.4. The quantitative estimate of drug-likeness (QED) is 0.585. The smallest absolute Gasteiger partial charge is 0.320 e. The number of hydrogen-bond donors (Lipinski definition) is 4. The van der Waals surface area contributed by atoms with Crippen LogP contribution in [-0.2, 0) is 9.59 Å². The van der Waals surface area contributed by atoms with Gasteiger partial charge in [0.15, 0.2) is 0 Å². The standard InChI is InChI=1S/2C6H13NO2.ClH/c2*1-4(2)3-5(7)6(8)9;/h2*4-5H,3,7H2,1-2H3,(H,8,9);1H. The molecular formula is C12H27ClN2O4. The van der Waals surface area contributed by atoms with E-state index in [0.717, 1.165) is 0 Å². The molecule has 6 nitrogen and oxygen atoms in total. The largest absolute Gasteiger partial charge is 0.480 e. The highest BCUT2D eigenvalue weighted by atomic mass is 35.5. The Morgan fingerprint density at radius 2 is 1.05 bits per heavy atom. The third-order valence-electron chi connectivity index (χ3n) is 2.09. The van der Waals surface area contributed by atoms with Crippen LogP contribution in [0.15, 0.2) is 0 Å². The average Bonchev–Trinajstić information content (AvgIpc) is 2.16. The molecule has 0 aromatic rings. The Morgan fingerprint density at radius 3 is 1.11 bits per heavy atom. The van der Waals surface area contributed by atoms with Gasteiger partial charge in [0.25, 0.3) is 0 Å². The highest BCUT2D eigenvalue weighted by molar-refractivity contribution is 5.85. The first-order chi connectivity index (χ1) is 8.07. The number of aliphatic carboxylic acids is 2. The number of carbonyl (C=O) groups is 2. The van der Waals surface area contributed by atoms with Crippen molar-refractivity contribution in [3.63, 3.8) is 0 Å². The number of carboxylic acid groups (broad SMARTS) is 2. The molecule has 0 radical (unpaired) electrons. The second kappa shape index (κ2) is 12.2. The van der Waals surface area contributed by atoms with Gasteiger partial charge in [0.1, 0.15) is 12.1 Å². The third kappa shape index (κ3) is 17.1. The van der Waals surface area contributed by atoms with Crippen LogP contribution in [0.5, 0.6) is 0 Å². The van der Waals surface area contributed by atoms with E-state index in [9.17, 15) is 9.59 Å². The predicted molar refractivity (Wildman–Crippen MR) is 77.4 cm³/mol. The van der Waals surface area contributed by atoms with Gasteiger partial charge < -0.3 is 21.7 Å². The average molecular weight is 299 g/mol. The van der Waals surface area contributed by atoms with Crippen LogP contribution in [0, 0.1) is 11.8 Å². The molecule has 0 aromatic carbocycles. The summed E-state index contributed by atoms with van der Waals surface area (Å²) in [6.07, 6.45) is 1.10. The van der Waals surface area contributed by atoms with Crippen LogP contribution < -0.4 is 11.5 Å². The zero-order valence-corrected chi connectivity index (χ0v) is 12.8. The molecule has 0 bridgehead atoms. The zero-order valence-electron chi connectivity index (χ0n) is 12.0. The highest BCUT2D eigenvalue weighted by Gasteiger charge is 2.12. The fraction of sp³-hybridized carbons (Fsp3) is 0.833. The van der Waals surface area contributed by atoms with E-state index in [1.165, 1.54) is 0 Å². The van der Waals surface area contributed by atoms with E-state index in [0.29, 0.717) is 24.7 Å². The summed E-state index contributed by atoms with van der Waals surface area (Å²) < 4.78 is 0. The molecule has 0 amide bonds. The first-order valence-corrected chi connectivity index (χ1v) is 6.04. The molecule has 2 atom stereocenters. The Hall–Kier alpha value is -0.850. The number of rotatable bonds is 6. The van der Waals surface area contributed by atoms with Crippen LogP contribution in [0.1, 0.15) is 40.5 Å². The van der Waals surface area contributed by atoms with E-state index >= 15 is 0 Å². The van der Waals surface area contributed by atoms with Gasteiger partial charge in [-0.15, -0.1) is 12.4 Å². The Bertz CT molecular complexity index is 234. The lowest BCUT2D eigenvalue weighted by molar-refractivity contribution is -0.139. The van der Waals surface area contributed by atoms with Crippen molar-refractivity contribution < 1.29 is 19.8 Å². The first-order valence-electron chi connectivity index (χ1n) is 6.04. The summed E-state index contributed by atoms with van der Waals surface area (Å²) in [7, 11) is 0. The maximum absolute atomic E-state index is 10.1. The van der Waals surface area contributed by atoms with E-state index < -0.39 is 24.0 Å². The second-order valence-corrected chi connectivity index (χ2v) is 5.15. The van der Waals surface area contributed by atoms with Crippen LogP contribution in [0.2, 0.25) is 0 Å². The van der Waals surface area contributed by atoms with Crippen molar-refractivity contribution in [2.24, 2.45) is 23.3 Å². The topological polar surface area (TPSA) is 127 Å². The maximum atomic E-state index is 10.1. The Morgan fingerprint density at radius 1 is 0.842 bits per heavy atom. The van der Waals surface area contributed by atoms with E-state index in [4.69, 9.17) is 21.7 Å². The number of nitrogens with two attached hydrogens (primary N) is 2. The number of carboxylic acids is 2. The molecule has 19 heavy (non-hydrogen) atoms. The molecule has 0 saturated carbocycles. The van der Waals surface area contributed by atoms with Gasteiger partial charge in [-0.25, -0.2) is 0 Å². The van der Waals surface area contributed by atoms with Gasteiger partial charge in [-0.2, -0.15) is 0 Å². The Balaban J connectivity index is -0.000000256. The van der Waals surface area contributed by atoms with Crippen molar-refractivity contribution in [3.05, 3.63) is 0 Å². The van der Waals surface area contributed by atoms with Crippen LogP contribution >= 0.6 is 12.4 Å². The third-order valence-corrected chi connectivity index (χ3v) is 2.09. The lowest BCUT2D eigenvalue weighted by atomic mass is 10.1. The summed E-state index contributed by atoms with van der Waals surface area (Å²) in [6.45, 7) is 7.79. The van der Waals surface area contributed by atoms with Crippen molar-refractivity contribution in [3.8, 4) is 0 Å². The van der Waals surface area contributed by atoms with Crippen LogP contribution in [-0.4, -0.2) is 34.2 Å². The summed E-state index contributed by atoms with van der Waals surface area (Å²) >= 11 is 0. The van der Waals surface area contributed by atoms with Crippen molar-refractivity contribution in [2.45, 2.75) is 52.6 Å². The van der Waals surface area contributed by atoms with Crippen molar-refractivity contribution >= 4 is 24.3 Å². The summed E-state index contributed by atoms with van der Waals surface area (Å²) in [5, 5.41) is 16.6. The van der Waals surface area contributed by atoms with Crippen LogP contribution in [0.4, 0.5) is 0 Å². The molecule has 0 aliphatic heterocycles. The first kappa shape index (κ1) is 23.3. The van der Waals surface area contributed by atoms with E-state index in [-0.39, 0.29) is 12.4 Å². The molecular weight excluding hydrogens is 272 g/mol. The van der Waals surface area contributed by atoms with Gasteiger partial charge in [-0.05, 0) is 24.7 Å². The molecule has 0 aromatic heterocycles. The van der Waals surface area contributed by atoms with Crippen molar-refractivity contribution in [1.29, 1.82) is 0 Å². The molecule has 0 saturated heterocycles. The molecule has 0 spiro atoms. The van der Waals surface area contributed by atoms with Crippen LogP contribution in [0.3, 0.4) is 0 Å². The summed E-state index contributed by atoms with van der Waals surface area (Å²) in [4.78, 5) is 20.2. The Labute approximate surface area is 121 Å². The van der Waals surface area contributed by atoms with E-state index in [1.807, 2.05) is 27.7 Å². The fourth-order valence-electron chi connectivity index (χ4n) is 1.22. The van der Waals surface area contributed by atoms with Gasteiger partial charge >= 0.3 is 11.9 Å².